The highest BCUT2D eigenvalue weighted by Gasteiger charge is 2.13. The molecule has 0 unspecified atom stereocenters. The molecular formula is C39H26N10. The highest BCUT2D eigenvalue weighted by molar-refractivity contribution is 6.13. The predicted molar refractivity (Wildman–Crippen MR) is 195 cm³/mol. The fourth-order valence-electron chi connectivity index (χ4n) is 5.82. The van der Waals surface area contributed by atoms with Crippen molar-refractivity contribution in [2.45, 2.75) is 0 Å². The van der Waals surface area contributed by atoms with E-state index >= 15 is 0 Å². The molecule has 4 aromatic carbocycles. The molecule has 0 bridgehead atoms. The van der Waals surface area contributed by atoms with Gasteiger partial charge in [-0.1, -0.05) is 54.6 Å². The van der Waals surface area contributed by atoms with E-state index in [-0.39, 0.29) is 0 Å². The van der Waals surface area contributed by atoms with Gasteiger partial charge in [0.1, 0.15) is 18.2 Å². The van der Waals surface area contributed by atoms with Crippen LogP contribution >= 0.6 is 0 Å². The Bertz CT molecular complexity index is 2590. The van der Waals surface area contributed by atoms with E-state index in [1.165, 1.54) is 0 Å². The number of para-hydroxylation sites is 2. The molecule has 10 heteroatoms. The Hall–Kier alpha value is -7.12. The second-order valence-electron chi connectivity index (χ2n) is 11.3. The van der Waals surface area contributed by atoms with Crippen molar-refractivity contribution in [2.75, 3.05) is 17.2 Å². The Morgan fingerprint density at radius 3 is 1.69 bits per heavy atom. The normalized spacial score (nSPS) is 12.0. The first-order valence-electron chi connectivity index (χ1n) is 15.6. The van der Waals surface area contributed by atoms with Crippen LogP contribution in [0.5, 0.6) is 0 Å². The number of rotatable bonds is 5. The summed E-state index contributed by atoms with van der Waals surface area (Å²) in [6.45, 7) is 0.510. The van der Waals surface area contributed by atoms with Gasteiger partial charge in [-0.2, -0.15) is 10.4 Å². The number of aromatic nitrogens is 4. The van der Waals surface area contributed by atoms with Gasteiger partial charge in [-0.25, -0.2) is 9.97 Å². The van der Waals surface area contributed by atoms with Crippen molar-refractivity contribution in [2.24, 2.45) is 15.4 Å². The molecular weight excluding hydrogens is 608 g/mol. The minimum absolute atomic E-state index is 0.510. The van der Waals surface area contributed by atoms with E-state index in [9.17, 15) is 0 Å². The first-order chi connectivity index (χ1) is 24.2. The van der Waals surface area contributed by atoms with Crippen LogP contribution in [0.1, 0.15) is 11.1 Å². The van der Waals surface area contributed by atoms with E-state index in [2.05, 4.69) is 48.2 Å². The third-order valence-electron chi connectivity index (χ3n) is 8.18. The smallest absolute Gasteiger partial charge is 0.139 e. The van der Waals surface area contributed by atoms with E-state index in [4.69, 9.17) is 15.2 Å². The lowest BCUT2D eigenvalue weighted by Crippen LogP contribution is -2.02. The molecule has 0 saturated heterocycles. The summed E-state index contributed by atoms with van der Waals surface area (Å²) < 4.78 is 0. The fraction of sp³-hybridized carbons (Fsp3) is 0.0256. The maximum absolute atomic E-state index is 9.11. The second kappa shape index (κ2) is 12.9. The lowest BCUT2D eigenvalue weighted by Gasteiger charge is -2.12. The van der Waals surface area contributed by atoms with Gasteiger partial charge in [0.25, 0.3) is 0 Å². The van der Waals surface area contributed by atoms with Gasteiger partial charge in [0.2, 0.25) is 0 Å². The van der Waals surface area contributed by atoms with E-state index < -0.39 is 0 Å². The molecule has 49 heavy (non-hydrogen) atoms. The van der Waals surface area contributed by atoms with Crippen LogP contribution in [0.3, 0.4) is 0 Å². The zero-order valence-corrected chi connectivity index (χ0v) is 26.0. The largest absolute Gasteiger partial charge is 0.340 e. The Morgan fingerprint density at radius 1 is 0.571 bits per heavy atom. The SMILES string of the molecule is N#Cc1ccc2c(c1)nc(Nc1ccccc1)c1ccncc12.c1ccc(Nc2nc3cc(C4=NN=NC4)ccc3c3cnccc23)cc1. The zero-order chi connectivity index (χ0) is 33.0. The van der Waals surface area contributed by atoms with Crippen LogP contribution in [0.4, 0.5) is 23.0 Å². The Morgan fingerprint density at radius 2 is 1.14 bits per heavy atom. The maximum Gasteiger partial charge on any atom is 0.139 e. The van der Waals surface area contributed by atoms with Gasteiger partial charge >= 0.3 is 0 Å². The number of pyridine rings is 4. The Kier molecular flexibility index (Phi) is 7.74. The molecule has 1 aliphatic rings. The standard InChI is InChI=1S/C20H14N6.C19H12N4/c1-2-4-14(5-3-1)23-20-16-8-9-21-11-17(16)15-7-6-13(10-18(15)24-20)19-12-22-26-25-19;20-11-13-6-7-15-17-12-21-9-8-16(17)19(23-18(15)10-13)22-14-4-2-1-3-5-14/h1-11H,12H2,(H,23,24);1-10,12H,(H,22,23). The topological polar surface area (TPSA) is 136 Å². The predicted octanol–water partition coefficient (Wildman–Crippen LogP) is 9.09. The van der Waals surface area contributed by atoms with Crippen LogP contribution in [0.25, 0.3) is 43.4 Å². The van der Waals surface area contributed by atoms with Crippen molar-refractivity contribution < 1.29 is 0 Å². The molecule has 0 atom stereocenters. The highest BCUT2D eigenvalue weighted by atomic mass is 15.4. The van der Waals surface area contributed by atoms with Crippen molar-refractivity contribution in [1.29, 1.82) is 5.26 Å². The fourth-order valence-corrected chi connectivity index (χ4v) is 5.82. The summed E-state index contributed by atoms with van der Waals surface area (Å²) in [7, 11) is 0. The van der Waals surface area contributed by atoms with Crippen LogP contribution in [0.2, 0.25) is 0 Å². The molecule has 9 rings (SSSR count). The summed E-state index contributed by atoms with van der Waals surface area (Å²) in [6, 6.07) is 37.7. The quantitative estimate of drug-likeness (QED) is 0.180. The molecule has 5 heterocycles. The van der Waals surface area contributed by atoms with Crippen molar-refractivity contribution in [3.05, 3.63) is 145 Å². The van der Waals surface area contributed by atoms with Crippen LogP contribution < -0.4 is 10.6 Å². The minimum atomic E-state index is 0.510. The van der Waals surface area contributed by atoms with Crippen molar-refractivity contribution in [3.8, 4) is 6.07 Å². The molecule has 0 amide bonds. The van der Waals surface area contributed by atoms with Crippen LogP contribution in [-0.2, 0) is 0 Å². The minimum Gasteiger partial charge on any atom is -0.340 e. The number of nitrogens with one attached hydrogen (secondary N) is 2. The number of anilines is 4. The summed E-state index contributed by atoms with van der Waals surface area (Å²) >= 11 is 0. The summed E-state index contributed by atoms with van der Waals surface area (Å²) in [5.41, 5.74) is 6.07. The zero-order valence-electron chi connectivity index (χ0n) is 26.0. The van der Waals surface area contributed by atoms with E-state index in [1.54, 1.807) is 24.5 Å². The molecule has 232 valence electrons. The van der Waals surface area contributed by atoms with E-state index in [1.807, 2.05) is 103 Å². The van der Waals surface area contributed by atoms with Crippen molar-refractivity contribution in [3.63, 3.8) is 0 Å². The number of fused-ring (bicyclic) bond motifs is 6. The molecule has 8 aromatic rings. The molecule has 2 N–H and O–H groups in total. The number of hydrogen-bond acceptors (Lipinski definition) is 10. The average molecular weight is 635 g/mol. The Balaban J connectivity index is 0.000000143. The summed E-state index contributed by atoms with van der Waals surface area (Å²) in [6.07, 6.45) is 7.26. The molecule has 0 fully saturated rings. The molecule has 4 aromatic heterocycles. The van der Waals surface area contributed by atoms with Gasteiger partial charge in [0.05, 0.1) is 28.4 Å². The monoisotopic (exact) mass is 634 g/mol. The van der Waals surface area contributed by atoms with E-state index in [0.717, 1.165) is 77.6 Å². The number of nitriles is 1. The lowest BCUT2D eigenvalue weighted by molar-refractivity contribution is 1.06. The summed E-state index contributed by atoms with van der Waals surface area (Å²) in [5, 5.41) is 33.8. The second-order valence-corrected chi connectivity index (χ2v) is 11.3. The maximum atomic E-state index is 9.11. The molecule has 10 nitrogen and oxygen atoms in total. The van der Waals surface area contributed by atoms with Crippen LogP contribution in [-0.4, -0.2) is 32.2 Å². The molecule has 0 aliphatic carbocycles. The van der Waals surface area contributed by atoms with Gasteiger partial charge in [0.15, 0.2) is 0 Å². The summed E-state index contributed by atoms with van der Waals surface area (Å²) in [4.78, 5) is 18.1. The van der Waals surface area contributed by atoms with Gasteiger partial charge in [-0.3, -0.25) is 9.97 Å². The van der Waals surface area contributed by atoms with Gasteiger partial charge in [-0.15, -0.1) is 5.10 Å². The molecule has 0 radical (unpaired) electrons. The van der Waals surface area contributed by atoms with Crippen LogP contribution in [0, 0.1) is 11.3 Å². The van der Waals surface area contributed by atoms with Crippen LogP contribution in [0.15, 0.2) is 149 Å². The van der Waals surface area contributed by atoms with Crippen molar-refractivity contribution in [1.82, 2.24) is 19.9 Å². The van der Waals surface area contributed by atoms with Gasteiger partial charge < -0.3 is 10.6 Å². The third kappa shape index (κ3) is 5.95. The average Bonchev–Trinajstić information content (AvgIpc) is 3.71. The third-order valence-corrected chi connectivity index (χ3v) is 8.18. The molecule has 0 spiro atoms. The molecule has 0 saturated carbocycles. The number of hydrogen-bond donors (Lipinski definition) is 2. The van der Waals surface area contributed by atoms with Gasteiger partial charge in [-0.05, 0) is 59.8 Å². The first kappa shape index (κ1) is 29.3. The highest BCUT2D eigenvalue weighted by Crippen LogP contribution is 2.32. The van der Waals surface area contributed by atoms with Gasteiger partial charge in [0, 0.05) is 74.0 Å². The summed E-state index contributed by atoms with van der Waals surface area (Å²) in [5.74, 6) is 1.57. The Labute approximate surface area is 280 Å². The number of nitrogens with zero attached hydrogens (tertiary/aromatic N) is 8. The first-order valence-corrected chi connectivity index (χ1v) is 15.6. The molecule has 1 aliphatic heterocycles. The van der Waals surface area contributed by atoms with Crippen molar-refractivity contribution >= 4 is 72.1 Å². The van der Waals surface area contributed by atoms with E-state index in [0.29, 0.717) is 12.1 Å². The number of benzene rings is 4. The lowest BCUT2D eigenvalue weighted by atomic mass is 10.0.